The first-order valence-corrected chi connectivity index (χ1v) is 8.75. The molecule has 0 N–H and O–H groups in total. The van der Waals surface area contributed by atoms with E-state index in [0.29, 0.717) is 11.7 Å². The summed E-state index contributed by atoms with van der Waals surface area (Å²) in [5.74, 6) is 0.864. The lowest BCUT2D eigenvalue weighted by Crippen LogP contribution is -2.35. The molecule has 2 aromatic rings. The van der Waals surface area contributed by atoms with Crippen molar-refractivity contribution in [2.45, 2.75) is 57.8 Å². The molecule has 0 amide bonds. The molecule has 1 aliphatic rings. The van der Waals surface area contributed by atoms with Crippen molar-refractivity contribution in [3.05, 3.63) is 59.7 Å². The second-order valence-corrected chi connectivity index (χ2v) is 7.33. The third kappa shape index (κ3) is 3.10. The van der Waals surface area contributed by atoms with Gasteiger partial charge in [-0.15, -0.1) is 0 Å². The van der Waals surface area contributed by atoms with Crippen molar-refractivity contribution in [3.63, 3.8) is 0 Å². The van der Waals surface area contributed by atoms with Crippen LogP contribution in [-0.4, -0.2) is 5.78 Å². The Hall–Kier alpha value is -1.89. The lowest BCUT2D eigenvalue weighted by molar-refractivity contribution is -0.125. The Labute approximate surface area is 139 Å². The van der Waals surface area contributed by atoms with Gasteiger partial charge in [-0.3, -0.25) is 4.79 Å². The molecule has 0 aliphatic heterocycles. The number of rotatable bonds is 3. The number of carbonyl (C=O) groups excluding carboxylic acids is 1. The molecule has 0 bridgehead atoms. The minimum absolute atomic E-state index is 0.313. The second-order valence-electron chi connectivity index (χ2n) is 7.33. The van der Waals surface area contributed by atoms with Gasteiger partial charge in [-0.25, -0.2) is 0 Å². The highest BCUT2D eigenvalue weighted by molar-refractivity contribution is 5.91. The maximum Gasteiger partial charge on any atom is 0.143 e. The molecule has 0 spiro atoms. The van der Waals surface area contributed by atoms with Crippen LogP contribution >= 0.6 is 0 Å². The van der Waals surface area contributed by atoms with Gasteiger partial charge < -0.3 is 0 Å². The summed E-state index contributed by atoms with van der Waals surface area (Å²) in [6.45, 7) is 6.58. The standard InChI is InChI=1S/C22H26O/c1-16(2)18-13-19(17-9-5-4-6-10-17)15-20(14-18)22(3)12-8-7-11-21(22)23/h4-6,9-10,13-16H,7-8,11-12H2,1-3H3. The van der Waals surface area contributed by atoms with Crippen molar-refractivity contribution in [1.82, 2.24) is 0 Å². The Morgan fingerprint density at radius 1 is 0.957 bits per heavy atom. The van der Waals surface area contributed by atoms with E-state index in [9.17, 15) is 4.79 Å². The predicted molar refractivity (Wildman–Crippen MR) is 96.8 cm³/mol. The molecule has 0 aromatic heterocycles. The summed E-state index contributed by atoms with van der Waals surface area (Å²) in [5.41, 5.74) is 4.66. The number of Topliss-reactive ketones (excluding diaryl/α,β-unsaturated/α-hetero) is 1. The zero-order valence-corrected chi connectivity index (χ0v) is 14.4. The van der Waals surface area contributed by atoms with Crippen LogP contribution in [0.15, 0.2) is 48.5 Å². The van der Waals surface area contributed by atoms with E-state index in [1.807, 2.05) is 6.07 Å². The van der Waals surface area contributed by atoms with E-state index in [2.05, 4.69) is 63.2 Å². The van der Waals surface area contributed by atoms with Crippen LogP contribution in [0.3, 0.4) is 0 Å². The summed E-state index contributed by atoms with van der Waals surface area (Å²) in [5, 5.41) is 0. The predicted octanol–water partition coefficient (Wildman–Crippen LogP) is 5.88. The molecule has 1 saturated carbocycles. The molecule has 1 heteroatoms. The molecule has 1 nitrogen and oxygen atoms in total. The van der Waals surface area contributed by atoms with Gasteiger partial charge in [0.1, 0.15) is 5.78 Å². The first-order chi connectivity index (χ1) is 11.0. The van der Waals surface area contributed by atoms with E-state index in [4.69, 9.17) is 0 Å². The molecule has 0 saturated heterocycles. The Balaban J connectivity index is 2.13. The maximum atomic E-state index is 12.6. The average molecular weight is 306 g/mol. The van der Waals surface area contributed by atoms with Gasteiger partial charge in [0.15, 0.2) is 0 Å². The van der Waals surface area contributed by atoms with Gasteiger partial charge >= 0.3 is 0 Å². The first kappa shape index (κ1) is 16.0. The number of benzene rings is 2. The van der Waals surface area contributed by atoms with Crippen LogP contribution in [-0.2, 0) is 10.2 Å². The second kappa shape index (κ2) is 6.31. The monoisotopic (exact) mass is 306 g/mol. The van der Waals surface area contributed by atoms with Gasteiger partial charge in [0.05, 0.1) is 5.41 Å². The van der Waals surface area contributed by atoms with Crippen LogP contribution in [0, 0.1) is 0 Å². The van der Waals surface area contributed by atoms with Crippen molar-refractivity contribution in [2.75, 3.05) is 0 Å². The van der Waals surface area contributed by atoms with Gasteiger partial charge in [-0.05, 0) is 47.9 Å². The summed E-state index contributed by atoms with van der Waals surface area (Å²) < 4.78 is 0. The fourth-order valence-corrected chi connectivity index (χ4v) is 3.59. The van der Waals surface area contributed by atoms with Crippen LogP contribution in [0.25, 0.3) is 11.1 Å². The number of hydrogen-bond donors (Lipinski definition) is 0. The fraction of sp³-hybridized carbons (Fsp3) is 0.409. The zero-order valence-electron chi connectivity index (χ0n) is 14.4. The molecule has 23 heavy (non-hydrogen) atoms. The highest BCUT2D eigenvalue weighted by Gasteiger charge is 2.37. The van der Waals surface area contributed by atoms with Crippen LogP contribution in [0.1, 0.15) is 63.5 Å². The van der Waals surface area contributed by atoms with E-state index in [1.54, 1.807) is 0 Å². The quantitative estimate of drug-likeness (QED) is 0.692. The molecule has 0 heterocycles. The fourth-order valence-electron chi connectivity index (χ4n) is 3.59. The lowest BCUT2D eigenvalue weighted by Gasteiger charge is -2.33. The molecular formula is C22H26O. The Morgan fingerprint density at radius 3 is 2.35 bits per heavy atom. The molecule has 1 unspecified atom stereocenters. The number of hydrogen-bond acceptors (Lipinski definition) is 1. The molecule has 1 aliphatic carbocycles. The van der Waals surface area contributed by atoms with Gasteiger partial charge in [0.2, 0.25) is 0 Å². The van der Waals surface area contributed by atoms with Crippen molar-refractivity contribution < 1.29 is 4.79 Å². The summed E-state index contributed by atoms with van der Waals surface area (Å²) in [7, 11) is 0. The van der Waals surface area contributed by atoms with Crippen LogP contribution in [0.4, 0.5) is 0 Å². The van der Waals surface area contributed by atoms with Gasteiger partial charge in [-0.2, -0.15) is 0 Å². The smallest absolute Gasteiger partial charge is 0.143 e. The molecular weight excluding hydrogens is 280 g/mol. The van der Waals surface area contributed by atoms with Crippen molar-refractivity contribution in [3.8, 4) is 11.1 Å². The summed E-state index contributed by atoms with van der Waals surface area (Å²) >= 11 is 0. The molecule has 3 rings (SSSR count). The van der Waals surface area contributed by atoms with Crippen LogP contribution < -0.4 is 0 Å². The van der Waals surface area contributed by atoms with Crippen LogP contribution in [0.2, 0.25) is 0 Å². The summed E-state index contributed by atoms with van der Waals surface area (Å²) in [6, 6.07) is 17.3. The average Bonchev–Trinajstić information content (AvgIpc) is 2.58. The van der Waals surface area contributed by atoms with E-state index in [0.717, 1.165) is 25.7 Å². The SMILES string of the molecule is CC(C)c1cc(-c2ccccc2)cc(C2(C)CCCCC2=O)c1. The first-order valence-electron chi connectivity index (χ1n) is 8.75. The summed E-state index contributed by atoms with van der Waals surface area (Å²) in [6.07, 6.45) is 3.89. The van der Waals surface area contributed by atoms with Gasteiger partial charge in [0.25, 0.3) is 0 Å². The van der Waals surface area contributed by atoms with E-state index in [1.165, 1.54) is 22.3 Å². The Kier molecular flexibility index (Phi) is 4.39. The minimum Gasteiger partial charge on any atom is -0.299 e. The molecule has 1 fully saturated rings. The Bertz CT molecular complexity index is 699. The lowest BCUT2D eigenvalue weighted by atomic mass is 9.69. The molecule has 1 atom stereocenters. The molecule has 2 aromatic carbocycles. The zero-order chi connectivity index (χ0) is 16.4. The normalized spacial score (nSPS) is 21.7. The summed E-state index contributed by atoms with van der Waals surface area (Å²) in [4.78, 5) is 12.6. The Morgan fingerprint density at radius 2 is 1.70 bits per heavy atom. The maximum absolute atomic E-state index is 12.6. The minimum atomic E-state index is -0.313. The topological polar surface area (TPSA) is 17.1 Å². The van der Waals surface area contributed by atoms with Crippen molar-refractivity contribution in [2.24, 2.45) is 0 Å². The third-order valence-corrected chi connectivity index (χ3v) is 5.31. The molecule has 0 radical (unpaired) electrons. The van der Waals surface area contributed by atoms with E-state index in [-0.39, 0.29) is 5.41 Å². The van der Waals surface area contributed by atoms with Crippen molar-refractivity contribution >= 4 is 5.78 Å². The highest BCUT2D eigenvalue weighted by atomic mass is 16.1. The van der Waals surface area contributed by atoms with E-state index >= 15 is 0 Å². The highest BCUT2D eigenvalue weighted by Crippen LogP contribution is 2.39. The molecule has 120 valence electrons. The van der Waals surface area contributed by atoms with Gasteiger partial charge in [0, 0.05) is 6.42 Å². The van der Waals surface area contributed by atoms with E-state index < -0.39 is 0 Å². The number of carbonyl (C=O) groups is 1. The largest absolute Gasteiger partial charge is 0.299 e. The number of ketones is 1. The van der Waals surface area contributed by atoms with Crippen molar-refractivity contribution in [1.29, 1.82) is 0 Å². The third-order valence-electron chi connectivity index (χ3n) is 5.31. The van der Waals surface area contributed by atoms with Crippen LogP contribution in [0.5, 0.6) is 0 Å². The van der Waals surface area contributed by atoms with Gasteiger partial charge in [-0.1, -0.05) is 68.8 Å².